The van der Waals surface area contributed by atoms with Crippen LogP contribution in [0.15, 0.2) is 72.8 Å². The molecular formula is C30H30F6N3O4S-. The number of methoxy groups -OCH3 is 1. The van der Waals surface area contributed by atoms with E-state index in [4.69, 9.17) is 4.74 Å². The Labute approximate surface area is 253 Å². The summed E-state index contributed by atoms with van der Waals surface area (Å²) in [6.07, 6.45) is -11.6. The molecule has 4 rings (SSSR count). The molecule has 1 fully saturated rings. The summed E-state index contributed by atoms with van der Waals surface area (Å²) in [6.45, 7) is 0.354. The quantitative estimate of drug-likeness (QED) is 0.229. The van der Waals surface area contributed by atoms with Crippen LogP contribution in [-0.4, -0.2) is 65.2 Å². The summed E-state index contributed by atoms with van der Waals surface area (Å²) in [4.78, 5) is 14.7. The first-order chi connectivity index (χ1) is 20.7. The van der Waals surface area contributed by atoms with E-state index in [0.717, 1.165) is 24.3 Å². The van der Waals surface area contributed by atoms with Gasteiger partial charge in [-0.15, -0.1) is 0 Å². The minimum atomic E-state index is -5.71. The van der Waals surface area contributed by atoms with E-state index in [-0.39, 0.29) is 25.2 Å². The summed E-state index contributed by atoms with van der Waals surface area (Å²) < 4.78 is 115. The van der Waals surface area contributed by atoms with Gasteiger partial charge in [-0.1, -0.05) is 36.4 Å². The van der Waals surface area contributed by atoms with E-state index in [2.05, 4.69) is 5.32 Å². The lowest BCUT2D eigenvalue weighted by Gasteiger charge is -2.49. The van der Waals surface area contributed by atoms with Gasteiger partial charge in [0.15, 0.2) is 0 Å². The molecule has 1 N–H and O–H groups in total. The van der Waals surface area contributed by atoms with Crippen molar-refractivity contribution in [3.05, 3.63) is 89.5 Å². The molecule has 44 heavy (non-hydrogen) atoms. The summed E-state index contributed by atoms with van der Waals surface area (Å²) in [5.41, 5.74) is -3.53. The van der Waals surface area contributed by atoms with Gasteiger partial charge in [0, 0.05) is 42.8 Å². The monoisotopic (exact) mass is 642 g/mol. The lowest BCUT2D eigenvalue weighted by molar-refractivity contribution is -0.349. The van der Waals surface area contributed by atoms with E-state index < -0.39 is 58.8 Å². The zero-order chi connectivity index (χ0) is 32.3. The summed E-state index contributed by atoms with van der Waals surface area (Å²) in [7, 11) is 1.48. The fourth-order valence-electron chi connectivity index (χ4n) is 5.33. The highest BCUT2D eigenvalue weighted by Crippen LogP contribution is 2.54. The Morgan fingerprint density at radius 1 is 0.886 bits per heavy atom. The van der Waals surface area contributed by atoms with Crippen LogP contribution < -0.4 is 15.0 Å². The predicted molar refractivity (Wildman–Crippen MR) is 153 cm³/mol. The number of benzene rings is 3. The van der Waals surface area contributed by atoms with Crippen molar-refractivity contribution in [2.24, 2.45) is 0 Å². The number of hydrogen-bond donors (Lipinski definition) is 1. The van der Waals surface area contributed by atoms with E-state index in [1.807, 2.05) is 0 Å². The van der Waals surface area contributed by atoms with Crippen molar-refractivity contribution >= 4 is 28.4 Å². The number of halogens is 6. The molecule has 1 amide bonds. The summed E-state index contributed by atoms with van der Waals surface area (Å²) >= 11 is -2.32. The van der Waals surface area contributed by atoms with Gasteiger partial charge in [-0.25, -0.2) is 0 Å². The van der Waals surface area contributed by atoms with E-state index in [0.29, 0.717) is 27.5 Å². The smallest absolute Gasteiger partial charge is 0.420 e. The van der Waals surface area contributed by atoms with Crippen molar-refractivity contribution in [3.63, 3.8) is 0 Å². The number of rotatable bonds is 9. The minimum Gasteiger partial charge on any atom is -0.772 e. The molecule has 0 aromatic heterocycles. The van der Waals surface area contributed by atoms with Crippen LogP contribution >= 0.6 is 0 Å². The second kappa shape index (κ2) is 13.2. The first-order valence-electron chi connectivity index (χ1n) is 13.5. The molecule has 0 spiro atoms. The Morgan fingerprint density at radius 2 is 1.43 bits per heavy atom. The average molecular weight is 643 g/mol. The lowest BCUT2D eigenvalue weighted by Crippen LogP contribution is -2.68. The first-order valence-corrected chi connectivity index (χ1v) is 14.7. The van der Waals surface area contributed by atoms with Crippen LogP contribution in [0.25, 0.3) is 0 Å². The number of nitrogens with one attached hydrogen (secondary N) is 1. The Hall–Kier alpha value is -3.62. The third-order valence-corrected chi connectivity index (χ3v) is 8.55. The van der Waals surface area contributed by atoms with Gasteiger partial charge in [0.05, 0.1) is 13.5 Å². The van der Waals surface area contributed by atoms with E-state index in [1.165, 1.54) is 14.0 Å². The highest BCUT2D eigenvalue weighted by atomic mass is 32.2. The second-order valence-corrected chi connectivity index (χ2v) is 11.6. The molecule has 238 valence electrons. The molecule has 1 heterocycles. The number of nitrogens with zero attached hydrogens (tertiary/aromatic N) is 2. The third kappa shape index (κ3) is 6.87. The number of alkyl halides is 6. The highest BCUT2D eigenvalue weighted by molar-refractivity contribution is 7.79. The van der Waals surface area contributed by atoms with Gasteiger partial charge in [0.25, 0.3) is 0 Å². The summed E-state index contributed by atoms with van der Waals surface area (Å²) in [5.74, 6) is 0.0129. The fourth-order valence-corrected chi connectivity index (χ4v) is 5.70. The van der Waals surface area contributed by atoms with E-state index >= 15 is 0 Å². The maximum absolute atomic E-state index is 14.6. The molecule has 3 aromatic rings. The van der Waals surface area contributed by atoms with Crippen molar-refractivity contribution in [3.8, 4) is 5.75 Å². The topological polar surface area (TPSA) is 84.9 Å². The Morgan fingerprint density at radius 3 is 1.91 bits per heavy atom. The molecule has 14 heteroatoms. The van der Waals surface area contributed by atoms with E-state index in [1.54, 1.807) is 53.4 Å². The van der Waals surface area contributed by atoms with Crippen molar-refractivity contribution in [2.45, 2.75) is 36.5 Å². The molecule has 0 saturated carbocycles. The van der Waals surface area contributed by atoms with Crippen LogP contribution in [0.1, 0.15) is 28.9 Å². The molecule has 0 aliphatic carbocycles. The maximum atomic E-state index is 14.6. The minimum absolute atomic E-state index is 0.0216. The van der Waals surface area contributed by atoms with Crippen LogP contribution in [0.4, 0.5) is 37.7 Å². The zero-order valence-electron chi connectivity index (χ0n) is 23.7. The summed E-state index contributed by atoms with van der Waals surface area (Å²) in [6, 6.07) is 16.5. The number of hydrogen-bond acceptors (Lipinski definition) is 6. The molecule has 0 radical (unpaired) electrons. The van der Waals surface area contributed by atoms with Crippen LogP contribution in [0.2, 0.25) is 0 Å². The lowest BCUT2D eigenvalue weighted by atomic mass is 9.85. The van der Waals surface area contributed by atoms with Crippen molar-refractivity contribution in [1.29, 1.82) is 0 Å². The highest BCUT2D eigenvalue weighted by Gasteiger charge is 2.74. The maximum Gasteiger partial charge on any atom is 0.420 e. The van der Waals surface area contributed by atoms with Crippen molar-refractivity contribution < 1.29 is 44.6 Å². The largest absolute Gasteiger partial charge is 0.772 e. The molecular weight excluding hydrogens is 612 g/mol. The molecule has 7 nitrogen and oxygen atoms in total. The first kappa shape index (κ1) is 33.3. The summed E-state index contributed by atoms with van der Waals surface area (Å²) in [5, 5.41) is 1.74. The standard InChI is InChI=1S/C30H31F6N3O4S/c1-20(44(41)42)22-5-3-21(4-6-22)19-27(40)37-24-9-7-23(8-10-24)28(29(31,32)33,30(34,35)36)39-17-15-38(16-18-39)25-11-13-26(43-2)14-12-25/h3-14,20H,15-19H2,1-2H3,(H,37,40)(H,41,42)/p-1. The van der Waals surface area contributed by atoms with Gasteiger partial charge < -0.3 is 19.5 Å². The van der Waals surface area contributed by atoms with E-state index in [9.17, 15) is 39.9 Å². The number of anilines is 2. The number of carbonyl (C=O) groups is 1. The second-order valence-electron chi connectivity index (χ2n) is 10.3. The molecule has 2 unspecified atom stereocenters. The third-order valence-electron chi connectivity index (χ3n) is 7.70. The fraction of sp³-hybridized carbons (Fsp3) is 0.367. The molecule has 1 aliphatic heterocycles. The van der Waals surface area contributed by atoms with Crippen LogP contribution in [-0.2, 0) is 27.8 Å². The molecule has 2 atom stereocenters. The van der Waals surface area contributed by atoms with Crippen molar-refractivity contribution in [1.82, 2.24) is 4.90 Å². The van der Waals surface area contributed by atoms with Gasteiger partial charge in [-0.3, -0.25) is 13.9 Å². The number of carbonyl (C=O) groups excluding carboxylic acids is 1. The molecule has 3 aromatic carbocycles. The molecule has 1 aliphatic rings. The van der Waals surface area contributed by atoms with Gasteiger partial charge in [0.1, 0.15) is 5.75 Å². The van der Waals surface area contributed by atoms with Gasteiger partial charge in [-0.2, -0.15) is 26.3 Å². The predicted octanol–water partition coefficient (Wildman–Crippen LogP) is 5.96. The SMILES string of the molecule is COc1ccc(N2CCN(C(c3ccc(NC(=O)Cc4ccc(C(C)S(=O)[O-])cc4)cc3)(C(F)(F)F)C(F)(F)F)CC2)cc1. The Balaban J connectivity index is 1.51. The normalized spacial score (nSPS) is 16.3. The zero-order valence-corrected chi connectivity index (χ0v) is 24.6. The number of ether oxygens (including phenoxy) is 1. The van der Waals surface area contributed by atoms with Crippen LogP contribution in [0, 0.1) is 0 Å². The van der Waals surface area contributed by atoms with Gasteiger partial charge in [0.2, 0.25) is 11.4 Å². The molecule has 0 bridgehead atoms. The van der Waals surface area contributed by atoms with Crippen LogP contribution in [0.5, 0.6) is 5.75 Å². The number of amides is 1. The molecule has 1 saturated heterocycles. The van der Waals surface area contributed by atoms with Gasteiger partial charge in [-0.05, 0) is 71.1 Å². The Kier molecular flexibility index (Phi) is 9.96. The van der Waals surface area contributed by atoms with Crippen LogP contribution in [0.3, 0.4) is 0 Å². The Bertz CT molecular complexity index is 1430. The number of piperazine rings is 1. The average Bonchev–Trinajstić information content (AvgIpc) is 2.97. The van der Waals surface area contributed by atoms with Crippen molar-refractivity contribution in [2.75, 3.05) is 43.5 Å². The van der Waals surface area contributed by atoms with Gasteiger partial charge >= 0.3 is 12.4 Å².